The van der Waals surface area contributed by atoms with Crippen LogP contribution in [0.25, 0.3) is 0 Å². The Bertz CT molecular complexity index is 362. The molecular formula is C13H17BrO3. The minimum Gasteiger partial charge on any atom is -0.493 e. The number of ether oxygens (including phenoxy) is 3. The van der Waals surface area contributed by atoms with E-state index in [2.05, 4.69) is 15.9 Å². The maximum atomic E-state index is 5.73. The summed E-state index contributed by atoms with van der Waals surface area (Å²) in [6.45, 7) is 4.23. The van der Waals surface area contributed by atoms with E-state index in [1.807, 2.05) is 25.1 Å². The first kappa shape index (κ1) is 12.9. The fourth-order valence-corrected chi connectivity index (χ4v) is 2.04. The lowest BCUT2D eigenvalue weighted by atomic mass is 10.2. The minimum atomic E-state index is -0.101. The van der Waals surface area contributed by atoms with E-state index in [1.165, 1.54) is 0 Å². The highest BCUT2D eigenvalue weighted by molar-refractivity contribution is 9.10. The molecule has 94 valence electrons. The van der Waals surface area contributed by atoms with Crippen LogP contribution in [0.1, 0.15) is 18.4 Å². The first-order valence-electron chi connectivity index (χ1n) is 5.88. The molecule has 0 bridgehead atoms. The SMILES string of the molecule is Cc1ccc(Br)cc1OCCC1OCCCO1. The van der Waals surface area contributed by atoms with Gasteiger partial charge >= 0.3 is 0 Å². The van der Waals surface area contributed by atoms with Crippen molar-refractivity contribution in [3.63, 3.8) is 0 Å². The topological polar surface area (TPSA) is 27.7 Å². The van der Waals surface area contributed by atoms with Crippen molar-refractivity contribution >= 4 is 15.9 Å². The Balaban J connectivity index is 1.79. The molecule has 0 atom stereocenters. The molecule has 0 spiro atoms. The molecule has 0 saturated carbocycles. The van der Waals surface area contributed by atoms with E-state index in [4.69, 9.17) is 14.2 Å². The first-order chi connectivity index (χ1) is 8.25. The van der Waals surface area contributed by atoms with Gasteiger partial charge in [0.1, 0.15) is 5.75 Å². The summed E-state index contributed by atoms with van der Waals surface area (Å²) in [6.07, 6.45) is 1.66. The molecule has 1 aliphatic heterocycles. The molecule has 1 heterocycles. The van der Waals surface area contributed by atoms with Crippen molar-refractivity contribution in [3.05, 3.63) is 28.2 Å². The Morgan fingerprint density at radius 1 is 1.35 bits per heavy atom. The summed E-state index contributed by atoms with van der Waals surface area (Å²) >= 11 is 3.44. The molecule has 1 aromatic carbocycles. The highest BCUT2D eigenvalue weighted by Crippen LogP contribution is 2.23. The molecular weight excluding hydrogens is 284 g/mol. The Morgan fingerprint density at radius 2 is 2.12 bits per heavy atom. The standard InChI is InChI=1S/C13H17BrO3/c1-10-3-4-11(14)9-12(10)15-8-5-13-16-6-2-7-17-13/h3-4,9,13H,2,5-8H2,1H3. The Hall–Kier alpha value is -0.580. The van der Waals surface area contributed by atoms with Crippen LogP contribution >= 0.6 is 15.9 Å². The van der Waals surface area contributed by atoms with E-state index in [0.29, 0.717) is 6.61 Å². The normalized spacial score (nSPS) is 17.1. The zero-order valence-electron chi connectivity index (χ0n) is 9.95. The van der Waals surface area contributed by atoms with Crippen LogP contribution < -0.4 is 4.74 Å². The van der Waals surface area contributed by atoms with Crippen molar-refractivity contribution < 1.29 is 14.2 Å². The summed E-state index contributed by atoms with van der Waals surface area (Å²) in [5, 5.41) is 0. The predicted octanol–water partition coefficient (Wildman–Crippen LogP) is 3.29. The van der Waals surface area contributed by atoms with E-state index >= 15 is 0 Å². The summed E-state index contributed by atoms with van der Waals surface area (Å²) in [5.41, 5.74) is 1.14. The van der Waals surface area contributed by atoms with Crippen LogP contribution in [0.3, 0.4) is 0 Å². The summed E-state index contributed by atoms with van der Waals surface area (Å²) in [5.74, 6) is 0.912. The number of hydrogen-bond acceptors (Lipinski definition) is 3. The van der Waals surface area contributed by atoms with Crippen LogP contribution in [0.2, 0.25) is 0 Å². The van der Waals surface area contributed by atoms with Crippen LogP contribution in [0, 0.1) is 6.92 Å². The van der Waals surface area contributed by atoms with E-state index in [1.54, 1.807) is 0 Å². The Labute approximate surface area is 110 Å². The molecule has 0 N–H and O–H groups in total. The third-order valence-electron chi connectivity index (χ3n) is 2.66. The van der Waals surface area contributed by atoms with Gasteiger partial charge in [0.25, 0.3) is 0 Å². The predicted molar refractivity (Wildman–Crippen MR) is 69.3 cm³/mol. The van der Waals surface area contributed by atoms with Crippen LogP contribution in [0.5, 0.6) is 5.75 Å². The maximum Gasteiger partial charge on any atom is 0.160 e. The van der Waals surface area contributed by atoms with Crippen molar-refractivity contribution in [2.45, 2.75) is 26.1 Å². The average Bonchev–Trinajstić information content (AvgIpc) is 2.35. The summed E-state index contributed by atoms with van der Waals surface area (Å²) in [4.78, 5) is 0. The number of rotatable bonds is 4. The monoisotopic (exact) mass is 300 g/mol. The van der Waals surface area contributed by atoms with E-state index < -0.39 is 0 Å². The highest BCUT2D eigenvalue weighted by Gasteiger charge is 2.14. The third-order valence-corrected chi connectivity index (χ3v) is 3.15. The zero-order valence-corrected chi connectivity index (χ0v) is 11.5. The summed E-state index contributed by atoms with van der Waals surface area (Å²) in [7, 11) is 0. The van der Waals surface area contributed by atoms with Crippen LogP contribution in [-0.2, 0) is 9.47 Å². The van der Waals surface area contributed by atoms with Gasteiger partial charge in [-0.05, 0) is 31.0 Å². The van der Waals surface area contributed by atoms with Gasteiger partial charge in [-0.3, -0.25) is 0 Å². The quantitative estimate of drug-likeness (QED) is 0.854. The molecule has 1 fully saturated rings. The lowest BCUT2D eigenvalue weighted by Crippen LogP contribution is -2.26. The molecule has 17 heavy (non-hydrogen) atoms. The van der Waals surface area contributed by atoms with Crippen molar-refractivity contribution in [1.29, 1.82) is 0 Å². The smallest absolute Gasteiger partial charge is 0.160 e. The highest BCUT2D eigenvalue weighted by atomic mass is 79.9. The third kappa shape index (κ3) is 3.98. The maximum absolute atomic E-state index is 5.73. The molecule has 1 aromatic rings. The van der Waals surface area contributed by atoms with Gasteiger partial charge in [-0.15, -0.1) is 0 Å². The van der Waals surface area contributed by atoms with Crippen molar-refractivity contribution in [3.8, 4) is 5.75 Å². The second-order valence-electron chi connectivity index (χ2n) is 4.07. The first-order valence-corrected chi connectivity index (χ1v) is 6.67. The molecule has 0 aromatic heterocycles. The largest absolute Gasteiger partial charge is 0.493 e. The van der Waals surface area contributed by atoms with Gasteiger partial charge in [-0.25, -0.2) is 0 Å². The number of aryl methyl sites for hydroxylation is 1. The fourth-order valence-electron chi connectivity index (χ4n) is 1.70. The van der Waals surface area contributed by atoms with Gasteiger partial charge in [-0.2, -0.15) is 0 Å². The average molecular weight is 301 g/mol. The van der Waals surface area contributed by atoms with Gasteiger partial charge in [0, 0.05) is 10.9 Å². The van der Waals surface area contributed by atoms with Crippen LogP contribution in [0.4, 0.5) is 0 Å². The number of hydrogen-bond donors (Lipinski definition) is 0. The van der Waals surface area contributed by atoms with Gasteiger partial charge in [-0.1, -0.05) is 22.0 Å². The molecule has 1 aliphatic rings. The number of benzene rings is 1. The van der Waals surface area contributed by atoms with Crippen LogP contribution in [-0.4, -0.2) is 26.1 Å². The summed E-state index contributed by atoms with van der Waals surface area (Å²) < 4.78 is 17.7. The van der Waals surface area contributed by atoms with Crippen molar-refractivity contribution in [2.75, 3.05) is 19.8 Å². The second-order valence-corrected chi connectivity index (χ2v) is 4.99. The Morgan fingerprint density at radius 3 is 2.88 bits per heavy atom. The molecule has 4 heteroatoms. The molecule has 1 saturated heterocycles. The van der Waals surface area contributed by atoms with Gasteiger partial charge < -0.3 is 14.2 Å². The van der Waals surface area contributed by atoms with Gasteiger partial charge in [0.15, 0.2) is 6.29 Å². The number of halogens is 1. The fraction of sp³-hybridized carbons (Fsp3) is 0.538. The van der Waals surface area contributed by atoms with E-state index in [0.717, 1.165) is 41.8 Å². The minimum absolute atomic E-state index is 0.101. The Kier molecular flexibility index (Phi) is 4.83. The molecule has 0 aliphatic carbocycles. The molecule has 3 nitrogen and oxygen atoms in total. The van der Waals surface area contributed by atoms with Gasteiger partial charge in [0.05, 0.1) is 19.8 Å². The molecule has 0 unspecified atom stereocenters. The molecule has 0 radical (unpaired) electrons. The van der Waals surface area contributed by atoms with E-state index in [9.17, 15) is 0 Å². The van der Waals surface area contributed by atoms with Crippen molar-refractivity contribution in [2.24, 2.45) is 0 Å². The van der Waals surface area contributed by atoms with Gasteiger partial charge in [0.2, 0.25) is 0 Å². The summed E-state index contributed by atoms with van der Waals surface area (Å²) in [6, 6.07) is 6.03. The lowest BCUT2D eigenvalue weighted by Gasteiger charge is -2.23. The van der Waals surface area contributed by atoms with Crippen molar-refractivity contribution in [1.82, 2.24) is 0 Å². The molecule has 0 amide bonds. The second kappa shape index (κ2) is 6.38. The van der Waals surface area contributed by atoms with Crippen LogP contribution in [0.15, 0.2) is 22.7 Å². The molecule has 2 rings (SSSR count). The van der Waals surface area contributed by atoms with E-state index in [-0.39, 0.29) is 6.29 Å². The lowest BCUT2D eigenvalue weighted by molar-refractivity contribution is -0.183. The zero-order chi connectivity index (χ0) is 12.1.